The summed E-state index contributed by atoms with van der Waals surface area (Å²) in [6.45, 7) is 2.26. The molecule has 130 valence electrons. The molecule has 0 fully saturated rings. The summed E-state index contributed by atoms with van der Waals surface area (Å²) in [7, 11) is 0. The summed E-state index contributed by atoms with van der Waals surface area (Å²) >= 11 is 0. The van der Waals surface area contributed by atoms with Gasteiger partial charge in [0.25, 0.3) is 0 Å². The van der Waals surface area contributed by atoms with Crippen molar-refractivity contribution in [1.82, 2.24) is 4.90 Å². The Morgan fingerprint density at radius 2 is 1.96 bits per heavy atom. The smallest absolute Gasteiger partial charge is 0.323 e. The number of benzene rings is 1. The molecule has 5 nitrogen and oxygen atoms in total. The highest BCUT2D eigenvalue weighted by Gasteiger charge is 2.38. The molecule has 1 aliphatic heterocycles. The first-order chi connectivity index (χ1) is 12.2. The van der Waals surface area contributed by atoms with Crippen molar-refractivity contribution < 1.29 is 19.6 Å². The number of aliphatic hydroxyl groups is 2. The Hall–Kier alpha value is -2.66. The number of nitrogens with zero attached hydrogens (tertiary/aromatic N) is 2. The Labute approximate surface area is 147 Å². The fourth-order valence-corrected chi connectivity index (χ4v) is 3.19. The molecule has 1 aromatic heterocycles. The van der Waals surface area contributed by atoms with Crippen LogP contribution in [0.5, 0.6) is 0 Å². The highest BCUT2D eigenvalue weighted by atomic mass is 16.3. The number of carbonyl (C=O) groups is 1. The van der Waals surface area contributed by atoms with E-state index in [-0.39, 0.29) is 24.0 Å². The molecule has 25 heavy (non-hydrogen) atoms. The number of aryl methyl sites for hydroxylation is 1. The molecule has 1 atom stereocenters. The summed E-state index contributed by atoms with van der Waals surface area (Å²) < 4.78 is 1.68. The topological polar surface area (TPSA) is 64.7 Å². The van der Waals surface area contributed by atoms with E-state index in [4.69, 9.17) is 0 Å². The van der Waals surface area contributed by atoms with Gasteiger partial charge in [0.2, 0.25) is 0 Å². The summed E-state index contributed by atoms with van der Waals surface area (Å²) in [6.07, 6.45) is 4.84. The largest absolute Gasteiger partial charge is 0.506 e. The lowest BCUT2D eigenvalue weighted by molar-refractivity contribution is -0.580. The molecular weight excluding hydrogens is 316 g/mol. The number of amides is 1. The Morgan fingerprint density at radius 3 is 2.64 bits per heavy atom. The van der Waals surface area contributed by atoms with Crippen molar-refractivity contribution in [2.45, 2.75) is 25.8 Å². The van der Waals surface area contributed by atoms with Crippen LogP contribution in [-0.4, -0.2) is 34.2 Å². The van der Waals surface area contributed by atoms with Crippen LogP contribution in [0.4, 0.5) is 0 Å². The van der Waals surface area contributed by atoms with E-state index in [1.54, 1.807) is 15.7 Å². The molecule has 2 heterocycles. The summed E-state index contributed by atoms with van der Waals surface area (Å²) in [4.78, 5) is 14.7. The molecule has 1 aromatic carbocycles. The quantitative estimate of drug-likeness (QED) is 0.821. The molecule has 1 amide bonds. The van der Waals surface area contributed by atoms with E-state index in [2.05, 4.69) is 0 Å². The maximum Gasteiger partial charge on any atom is 0.323 e. The van der Waals surface area contributed by atoms with Crippen molar-refractivity contribution in [2.75, 3.05) is 13.2 Å². The third-order valence-corrected chi connectivity index (χ3v) is 4.59. The van der Waals surface area contributed by atoms with Crippen LogP contribution in [0.25, 0.3) is 5.70 Å². The molecule has 5 heteroatoms. The van der Waals surface area contributed by atoms with Gasteiger partial charge < -0.3 is 15.1 Å². The van der Waals surface area contributed by atoms with E-state index in [9.17, 15) is 15.0 Å². The third-order valence-electron chi connectivity index (χ3n) is 4.59. The van der Waals surface area contributed by atoms with E-state index in [1.165, 1.54) is 0 Å². The zero-order valence-corrected chi connectivity index (χ0v) is 14.3. The van der Waals surface area contributed by atoms with Gasteiger partial charge in [0, 0.05) is 24.6 Å². The lowest BCUT2D eigenvalue weighted by atomic mass is 10.0. The molecule has 3 rings (SSSR count). The predicted molar refractivity (Wildman–Crippen MR) is 94.5 cm³/mol. The minimum atomic E-state index is -0.424. The van der Waals surface area contributed by atoms with E-state index < -0.39 is 6.04 Å². The van der Waals surface area contributed by atoms with Gasteiger partial charge in [-0.05, 0) is 18.1 Å². The molecule has 1 aliphatic rings. The molecule has 0 spiro atoms. The van der Waals surface area contributed by atoms with Gasteiger partial charge in [0.15, 0.2) is 18.2 Å². The average Bonchev–Trinajstić information content (AvgIpc) is 2.65. The molecular formula is C20H23N2O3+. The van der Waals surface area contributed by atoms with E-state index in [0.717, 1.165) is 17.5 Å². The van der Waals surface area contributed by atoms with Gasteiger partial charge in [-0.25, -0.2) is 0 Å². The number of pyridine rings is 1. The minimum absolute atomic E-state index is 0.0873. The lowest BCUT2D eigenvalue weighted by Gasteiger charge is -2.32. The molecule has 0 unspecified atom stereocenters. The van der Waals surface area contributed by atoms with Gasteiger partial charge in [-0.2, -0.15) is 4.57 Å². The highest BCUT2D eigenvalue weighted by Crippen LogP contribution is 2.27. The van der Waals surface area contributed by atoms with E-state index >= 15 is 0 Å². The number of carbonyl (C=O) groups excluding carboxylic acids is 1. The zero-order chi connectivity index (χ0) is 17.8. The normalized spacial score (nSPS) is 16.2. The SMILES string of the molecule is CCc1ccc[n+](C2=C(O)CCN([C@@H](CO)c3ccccc3)C2=O)c1. The van der Waals surface area contributed by atoms with Crippen molar-refractivity contribution in [2.24, 2.45) is 0 Å². The lowest BCUT2D eigenvalue weighted by Crippen LogP contribution is -2.49. The Balaban J connectivity index is 1.97. The molecule has 2 aromatic rings. The minimum Gasteiger partial charge on any atom is -0.506 e. The first-order valence-corrected chi connectivity index (χ1v) is 8.55. The Morgan fingerprint density at radius 1 is 1.20 bits per heavy atom. The number of aliphatic hydroxyl groups excluding tert-OH is 2. The maximum absolute atomic E-state index is 13.1. The van der Waals surface area contributed by atoms with Gasteiger partial charge in [0.1, 0.15) is 0 Å². The summed E-state index contributed by atoms with van der Waals surface area (Å²) in [5, 5.41) is 20.2. The fraction of sp³-hybridized carbons (Fsp3) is 0.300. The predicted octanol–water partition coefficient (Wildman–Crippen LogP) is 2.23. The van der Waals surface area contributed by atoms with Gasteiger partial charge in [-0.3, -0.25) is 4.79 Å². The molecule has 0 radical (unpaired) electrons. The second-order valence-corrected chi connectivity index (χ2v) is 6.13. The highest BCUT2D eigenvalue weighted by molar-refractivity contribution is 6.11. The van der Waals surface area contributed by atoms with Crippen molar-refractivity contribution in [3.05, 3.63) is 71.7 Å². The van der Waals surface area contributed by atoms with Crippen molar-refractivity contribution in [1.29, 1.82) is 0 Å². The van der Waals surface area contributed by atoms with Crippen molar-refractivity contribution >= 4 is 11.6 Å². The molecule has 0 bridgehead atoms. The maximum atomic E-state index is 13.1. The summed E-state index contributed by atoms with van der Waals surface area (Å²) in [5.41, 5.74) is 2.22. The van der Waals surface area contributed by atoms with Gasteiger partial charge >= 0.3 is 11.6 Å². The molecule has 2 N–H and O–H groups in total. The molecule has 0 saturated heterocycles. The van der Waals surface area contributed by atoms with Crippen molar-refractivity contribution in [3.8, 4) is 0 Å². The van der Waals surface area contributed by atoms with E-state index in [1.807, 2.05) is 55.6 Å². The van der Waals surface area contributed by atoms with Gasteiger partial charge in [-0.15, -0.1) is 0 Å². The number of hydrogen-bond acceptors (Lipinski definition) is 3. The van der Waals surface area contributed by atoms with Crippen LogP contribution in [0.2, 0.25) is 0 Å². The first-order valence-electron chi connectivity index (χ1n) is 8.55. The summed E-state index contributed by atoms with van der Waals surface area (Å²) in [6, 6.07) is 12.9. The van der Waals surface area contributed by atoms with Gasteiger partial charge in [0.05, 0.1) is 12.6 Å². The Bertz CT molecular complexity index is 787. The molecule has 0 saturated carbocycles. The van der Waals surface area contributed by atoms with Crippen LogP contribution in [0, 0.1) is 0 Å². The monoisotopic (exact) mass is 339 g/mol. The number of hydrogen-bond donors (Lipinski definition) is 2. The van der Waals surface area contributed by atoms with Crippen LogP contribution in [0.15, 0.2) is 60.6 Å². The van der Waals surface area contributed by atoms with Crippen LogP contribution in [0.1, 0.15) is 30.5 Å². The third kappa shape index (κ3) is 3.42. The van der Waals surface area contributed by atoms with Crippen LogP contribution >= 0.6 is 0 Å². The second kappa shape index (κ2) is 7.49. The first kappa shape index (κ1) is 17.2. The average molecular weight is 339 g/mol. The van der Waals surface area contributed by atoms with Crippen LogP contribution < -0.4 is 4.57 Å². The van der Waals surface area contributed by atoms with E-state index in [0.29, 0.717) is 13.0 Å². The molecule has 0 aliphatic carbocycles. The van der Waals surface area contributed by atoms with Crippen molar-refractivity contribution in [3.63, 3.8) is 0 Å². The summed E-state index contributed by atoms with van der Waals surface area (Å²) in [5.74, 6) is -0.186. The second-order valence-electron chi connectivity index (χ2n) is 6.13. The number of rotatable bonds is 5. The number of aromatic nitrogens is 1. The fourth-order valence-electron chi connectivity index (χ4n) is 3.19. The van der Waals surface area contributed by atoms with Crippen LogP contribution in [0.3, 0.4) is 0 Å². The van der Waals surface area contributed by atoms with Crippen LogP contribution in [-0.2, 0) is 11.2 Å². The van der Waals surface area contributed by atoms with Gasteiger partial charge in [-0.1, -0.05) is 37.3 Å². The zero-order valence-electron chi connectivity index (χ0n) is 14.3. The standard InChI is InChI=1S/C20H22N2O3/c1-2-15-7-6-11-21(13-15)19-18(24)10-12-22(20(19)25)17(14-23)16-8-4-3-5-9-16/h3-9,11,13,17,23H,2,10,12,14H2,1H3/p+1/t17-/m0/s1. The Kier molecular flexibility index (Phi) is 5.14.